The molecule has 0 aliphatic carbocycles. The summed E-state index contributed by atoms with van der Waals surface area (Å²) in [6.45, 7) is 0. The Morgan fingerprint density at radius 1 is 0.897 bits per heavy atom. The number of carbonyl (C=O) groups is 1. The average Bonchev–Trinajstić information content (AvgIpc) is 2.71. The highest BCUT2D eigenvalue weighted by Crippen LogP contribution is 2.32. The maximum absolute atomic E-state index is 12.6. The number of hydrogen-bond donors (Lipinski definition) is 3. The number of phenolic OH excluding ortho intramolecular Hbond substituents is 1. The predicted molar refractivity (Wildman–Crippen MR) is 107 cm³/mol. The van der Waals surface area contributed by atoms with Gasteiger partial charge in [0.25, 0.3) is 5.91 Å². The van der Waals surface area contributed by atoms with Gasteiger partial charge in [0.2, 0.25) is 0 Å². The number of phenols is 1. The van der Waals surface area contributed by atoms with Gasteiger partial charge in [-0.15, -0.1) is 0 Å². The number of anilines is 1. The molecule has 0 saturated heterocycles. The van der Waals surface area contributed by atoms with E-state index < -0.39 is 17.3 Å². The van der Waals surface area contributed by atoms with Crippen molar-refractivity contribution in [3.05, 3.63) is 88.8 Å². The molecule has 29 heavy (non-hydrogen) atoms. The molecule has 1 amide bonds. The lowest BCUT2D eigenvalue weighted by Crippen LogP contribution is -2.18. The van der Waals surface area contributed by atoms with Crippen molar-refractivity contribution in [1.82, 2.24) is 0 Å². The molecular formula is C22H15NO6. The number of para-hydroxylation sites is 1. The second kappa shape index (κ2) is 7.40. The van der Waals surface area contributed by atoms with Crippen LogP contribution < -0.4 is 15.7 Å². The Hall–Kier alpha value is -4.26. The lowest BCUT2D eigenvalue weighted by molar-refractivity contribution is 0.102. The fourth-order valence-corrected chi connectivity index (χ4v) is 2.79. The van der Waals surface area contributed by atoms with E-state index in [-0.39, 0.29) is 28.0 Å². The van der Waals surface area contributed by atoms with Gasteiger partial charge in [0.15, 0.2) is 11.4 Å². The molecule has 4 rings (SSSR count). The molecule has 0 aliphatic heterocycles. The molecule has 7 heteroatoms. The maximum atomic E-state index is 12.6. The second-order valence-corrected chi connectivity index (χ2v) is 6.19. The summed E-state index contributed by atoms with van der Waals surface area (Å²) in [6.07, 6.45) is 0. The van der Waals surface area contributed by atoms with E-state index in [2.05, 4.69) is 5.32 Å². The van der Waals surface area contributed by atoms with Gasteiger partial charge in [0.1, 0.15) is 22.8 Å². The molecule has 3 N–H and O–H groups in total. The summed E-state index contributed by atoms with van der Waals surface area (Å²) in [4.78, 5) is 24.8. The summed E-state index contributed by atoms with van der Waals surface area (Å²) in [5.74, 6) is -0.132. The zero-order valence-electron chi connectivity index (χ0n) is 15.0. The van der Waals surface area contributed by atoms with E-state index in [0.29, 0.717) is 11.5 Å². The minimum Gasteiger partial charge on any atom is -0.508 e. The van der Waals surface area contributed by atoms with E-state index >= 15 is 0 Å². The van der Waals surface area contributed by atoms with Crippen molar-refractivity contribution in [1.29, 1.82) is 0 Å². The highest BCUT2D eigenvalue weighted by atomic mass is 16.5. The molecular weight excluding hydrogens is 374 g/mol. The van der Waals surface area contributed by atoms with Gasteiger partial charge in [-0.25, -0.2) is 4.79 Å². The highest BCUT2D eigenvalue weighted by Gasteiger charge is 2.18. The maximum Gasteiger partial charge on any atom is 0.364 e. The minimum absolute atomic E-state index is 0.00348. The fraction of sp³-hybridized carbons (Fsp3) is 0. The van der Waals surface area contributed by atoms with Crippen LogP contribution in [0.1, 0.15) is 10.4 Å². The van der Waals surface area contributed by atoms with E-state index in [1.165, 1.54) is 24.3 Å². The first-order valence-electron chi connectivity index (χ1n) is 8.64. The number of aromatic hydroxyl groups is 2. The molecule has 7 nitrogen and oxygen atoms in total. The lowest BCUT2D eigenvalue weighted by Gasteiger charge is -2.10. The van der Waals surface area contributed by atoms with E-state index in [1.807, 2.05) is 18.2 Å². The summed E-state index contributed by atoms with van der Waals surface area (Å²) < 4.78 is 10.8. The second-order valence-electron chi connectivity index (χ2n) is 6.19. The molecule has 0 atom stereocenters. The van der Waals surface area contributed by atoms with Crippen LogP contribution >= 0.6 is 0 Å². The van der Waals surface area contributed by atoms with Crippen LogP contribution in [-0.4, -0.2) is 16.1 Å². The summed E-state index contributed by atoms with van der Waals surface area (Å²) in [5, 5.41) is 22.4. The molecule has 144 valence electrons. The summed E-state index contributed by atoms with van der Waals surface area (Å²) in [6, 6.07) is 19.4. The zero-order valence-corrected chi connectivity index (χ0v) is 15.0. The Bertz CT molecular complexity index is 1260. The molecule has 0 fully saturated rings. The van der Waals surface area contributed by atoms with Crippen molar-refractivity contribution in [3.63, 3.8) is 0 Å². The van der Waals surface area contributed by atoms with E-state index in [9.17, 15) is 19.8 Å². The average molecular weight is 389 g/mol. The van der Waals surface area contributed by atoms with Crippen LogP contribution in [0.4, 0.5) is 5.69 Å². The van der Waals surface area contributed by atoms with Crippen molar-refractivity contribution < 1.29 is 24.2 Å². The molecule has 0 radical (unpaired) electrons. The highest BCUT2D eigenvalue weighted by molar-refractivity contribution is 6.06. The van der Waals surface area contributed by atoms with Crippen LogP contribution in [0.15, 0.2) is 82.0 Å². The van der Waals surface area contributed by atoms with Crippen molar-refractivity contribution in [2.45, 2.75) is 0 Å². The molecule has 0 spiro atoms. The quantitative estimate of drug-likeness (QED) is 0.450. The third-order valence-electron chi connectivity index (χ3n) is 4.18. The summed E-state index contributed by atoms with van der Waals surface area (Å²) in [7, 11) is 0. The number of nitrogens with one attached hydrogen (secondary N) is 1. The molecule has 1 aromatic heterocycles. The van der Waals surface area contributed by atoms with E-state index in [4.69, 9.17) is 9.15 Å². The topological polar surface area (TPSA) is 109 Å². The van der Waals surface area contributed by atoms with Gasteiger partial charge >= 0.3 is 5.63 Å². The molecule has 0 unspecified atom stereocenters. The third kappa shape index (κ3) is 3.74. The van der Waals surface area contributed by atoms with E-state index in [0.717, 1.165) is 0 Å². The molecule has 4 aromatic rings. The molecule has 1 heterocycles. The van der Waals surface area contributed by atoms with Crippen LogP contribution in [0.25, 0.3) is 11.0 Å². The smallest absolute Gasteiger partial charge is 0.364 e. The van der Waals surface area contributed by atoms with Crippen LogP contribution in [0.2, 0.25) is 0 Å². The third-order valence-corrected chi connectivity index (χ3v) is 4.18. The molecule has 0 bridgehead atoms. The Morgan fingerprint density at radius 3 is 2.45 bits per heavy atom. The normalized spacial score (nSPS) is 10.6. The molecule has 0 aliphatic rings. The van der Waals surface area contributed by atoms with Crippen LogP contribution in [0, 0.1) is 0 Å². The lowest BCUT2D eigenvalue weighted by atomic mass is 10.1. The summed E-state index contributed by atoms with van der Waals surface area (Å²) in [5.41, 5.74) is -1.10. The van der Waals surface area contributed by atoms with Gasteiger partial charge < -0.3 is 24.7 Å². The number of rotatable bonds is 4. The number of carbonyl (C=O) groups excluding carboxylic acids is 1. The van der Waals surface area contributed by atoms with Crippen molar-refractivity contribution in [2.75, 3.05) is 5.32 Å². The Labute approximate surface area is 164 Å². The Balaban J connectivity index is 1.62. The number of amides is 1. The SMILES string of the molecule is O=C(Nc1c(O)c2ccc(O)cc2oc1=O)c1cccc(Oc2ccccc2)c1. The van der Waals surface area contributed by atoms with Gasteiger partial charge in [-0.1, -0.05) is 24.3 Å². The monoisotopic (exact) mass is 389 g/mol. The van der Waals surface area contributed by atoms with Crippen LogP contribution in [0.5, 0.6) is 23.0 Å². The summed E-state index contributed by atoms with van der Waals surface area (Å²) >= 11 is 0. The fourth-order valence-electron chi connectivity index (χ4n) is 2.79. The number of ether oxygens (including phenoxy) is 1. The van der Waals surface area contributed by atoms with Crippen LogP contribution in [-0.2, 0) is 0 Å². The van der Waals surface area contributed by atoms with Crippen LogP contribution in [0.3, 0.4) is 0 Å². The Kier molecular flexibility index (Phi) is 4.62. The van der Waals surface area contributed by atoms with Gasteiger partial charge in [-0.3, -0.25) is 4.79 Å². The largest absolute Gasteiger partial charge is 0.508 e. The first kappa shape index (κ1) is 18.1. The first-order valence-corrected chi connectivity index (χ1v) is 8.64. The van der Waals surface area contributed by atoms with E-state index in [1.54, 1.807) is 30.3 Å². The van der Waals surface area contributed by atoms with Crippen molar-refractivity contribution in [2.24, 2.45) is 0 Å². The van der Waals surface area contributed by atoms with Crippen molar-refractivity contribution >= 4 is 22.6 Å². The first-order chi connectivity index (χ1) is 14.0. The number of benzene rings is 3. The predicted octanol–water partition coefficient (Wildman–Crippen LogP) is 4.25. The molecule has 0 saturated carbocycles. The minimum atomic E-state index is -0.939. The Morgan fingerprint density at radius 2 is 1.66 bits per heavy atom. The van der Waals surface area contributed by atoms with Gasteiger partial charge in [-0.05, 0) is 42.5 Å². The molecule has 3 aromatic carbocycles. The van der Waals surface area contributed by atoms with Crippen molar-refractivity contribution in [3.8, 4) is 23.0 Å². The van der Waals surface area contributed by atoms with Gasteiger partial charge in [-0.2, -0.15) is 0 Å². The standard InChI is InChI=1S/C22H15NO6/c24-14-9-10-17-18(12-14)29-22(27)19(20(17)25)23-21(26)13-5-4-8-16(11-13)28-15-6-2-1-3-7-15/h1-12,24-25H,(H,23,26). The van der Waals surface area contributed by atoms with Gasteiger partial charge in [0, 0.05) is 11.6 Å². The number of fused-ring (bicyclic) bond motifs is 1. The number of hydrogen-bond acceptors (Lipinski definition) is 6. The zero-order chi connectivity index (χ0) is 20.4. The van der Waals surface area contributed by atoms with Gasteiger partial charge in [0.05, 0.1) is 5.39 Å².